The maximum absolute atomic E-state index is 5.07. The summed E-state index contributed by atoms with van der Waals surface area (Å²) in [4.78, 5) is 15.1. The number of aromatic nitrogens is 4. The molecule has 0 fully saturated rings. The molecule has 0 unspecified atom stereocenters. The highest BCUT2D eigenvalue weighted by Gasteiger charge is 2.20. The molecule has 0 aliphatic rings. The van der Waals surface area contributed by atoms with Crippen LogP contribution in [-0.4, -0.2) is 19.5 Å². The van der Waals surface area contributed by atoms with E-state index >= 15 is 0 Å². The zero-order valence-corrected chi connectivity index (χ0v) is 31.0. The first-order valence-corrected chi connectivity index (χ1v) is 19.6. The minimum absolute atomic E-state index is 0.628. The Hall–Kier alpha value is -7.21. The van der Waals surface area contributed by atoms with Crippen molar-refractivity contribution >= 4 is 53.3 Å². The molecule has 5 heteroatoms. The number of hydrogen-bond acceptors (Lipinski definition) is 4. The molecule has 4 nitrogen and oxygen atoms in total. The Balaban J connectivity index is 1.12. The van der Waals surface area contributed by atoms with Gasteiger partial charge in [0.15, 0.2) is 17.5 Å². The van der Waals surface area contributed by atoms with Gasteiger partial charge in [0.25, 0.3) is 0 Å². The zero-order valence-electron chi connectivity index (χ0n) is 30.2. The topological polar surface area (TPSA) is 43.6 Å². The van der Waals surface area contributed by atoms with Crippen LogP contribution in [-0.2, 0) is 0 Å². The molecule has 0 aliphatic carbocycles. The molecule has 3 aromatic heterocycles. The normalized spacial score (nSPS) is 11.6. The lowest BCUT2D eigenvalue weighted by Crippen LogP contribution is -2.02. The average molecular weight is 733 g/mol. The molecule has 0 aliphatic heterocycles. The van der Waals surface area contributed by atoms with Crippen molar-refractivity contribution in [3.8, 4) is 62.1 Å². The SMILES string of the molecule is c1ccc(-c2nc(-c3ccccc3)nc(-c3ccc(-n4c5ccccc5c5cc(-c6cccc7sc8ccccc8c67)ccc54)c(-c4ccccc4)c3)n2)cc1. The van der Waals surface area contributed by atoms with Crippen LogP contribution in [0.5, 0.6) is 0 Å². The predicted octanol–water partition coefficient (Wildman–Crippen LogP) is 13.7. The minimum atomic E-state index is 0.628. The first-order chi connectivity index (χ1) is 27.8. The molecule has 3 heterocycles. The summed E-state index contributed by atoms with van der Waals surface area (Å²) in [6, 6.07) is 68.7. The van der Waals surface area contributed by atoms with Crippen LogP contribution < -0.4 is 0 Å². The highest BCUT2D eigenvalue weighted by Crippen LogP contribution is 2.43. The van der Waals surface area contributed by atoms with E-state index in [2.05, 4.69) is 138 Å². The molecule has 0 spiro atoms. The Morgan fingerprint density at radius 1 is 0.339 bits per heavy atom. The molecule has 0 atom stereocenters. The van der Waals surface area contributed by atoms with Crippen LogP contribution in [0.15, 0.2) is 194 Å². The van der Waals surface area contributed by atoms with Gasteiger partial charge < -0.3 is 4.57 Å². The lowest BCUT2D eigenvalue weighted by atomic mass is 9.98. The van der Waals surface area contributed by atoms with Gasteiger partial charge in [-0.3, -0.25) is 0 Å². The molecule has 0 amide bonds. The number of para-hydroxylation sites is 1. The number of thiophene rings is 1. The lowest BCUT2D eigenvalue weighted by molar-refractivity contribution is 1.07. The van der Waals surface area contributed by atoms with E-state index in [1.165, 1.54) is 42.1 Å². The fourth-order valence-electron chi connectivity index (χ4n) is 8.07. The average Bonchev–Trinajstić information content (AvgIpc) is 3.82. The van der Waals surface area contributed by atoms with Gasteiger partial charge in [0.2, 0.25) is 0 Å². The van der Waals surface area contributed by atoms with E-state index in [9.17, 15) is 0 Å². The maximum atomic E-state index is 5.07. The lowest BCUT2D eigenvalue weighted by Gasteiger charge is -2.16. The van der Waals surface area contributed by atoms with Gasteiger partial charge in [0.05, 0.1) is 16.7 Å². The van der Waals surface area contributed by atoms with Crippen molar-refractivity contribution in [1.29, 1.82) is 0 Å². The molecule has 0 saturated heterocycles. The molecule has 0 saturated carbocycles. The summed E-state index contributed by atoms with van der Waals surface area (Å²) in [5.74, 6) is 1.91. The highest BCUT2D eigenvalue weighted by molar-refractivity contribution is 7.25. The third kappa shape index (κ3) is 5.40. The van der Waals surface area contributed by atoms with Gasteiger partial charge in [0.1, 0.15) is 0 Å². The summed E-state index contributed by atoms with van der Waals surface area (Å²) in [5, 5.41) is 5.06. The van der Waals surface area contributed by atoms with E-state index in [-0.39, 0.29) is 0 Å². The zero-order chi connectivity index (χ0) is 37.0. The monoisotopic (exact) mass is 732 g/mol. The molecular weight excluding hydrogens is 701 g/mol. The van der Waals surface area contributed by atoms with E-state index in [4.69, 9.17) is 15.0 Å². The van der Waals surface area contributed by atoms with E-state index in [1.807, 2.05) is 72.0 Å². The summed E-state index contributed by atoms with van der Waals surface area (Å²) in [6.07, 6.45) is 0. The molecule has 11 rings (SSSR count). The van der Waals surface area contributed by atoms with E-state index < -0.39 is 0 Å². The van der Waals surface area contributed by atoms with E-state index in [0.29, 0.717) is 17.5 Å². The van der Waals surface area contributed by atoms with Crippen molar-refractivity contribution in [2.45, 2.75) is 0 Å². The van der Waals surface area contributed by atoms with E-state index in [0.717, 1.165) is 44.5 Å². The van der Waals surface area contributed by atoms with Crippen LogP contribution in [0.4, 0.5) is 0 Å². The third-order valence-electron chi connectivity index (χ3n) is 10.7. The molecule has 11 aromatic rings. The Labute approximate surface area is 327 Å². The second-order valence-electron chi connectivity index (χ2n) is 14.0. The van der Waals surface area contributed by atoms with Gasteiger partial charge in [-0.2, -0.15) is 0 Å². The van der Waals surface area contributed by atoms with Gasteiger partial charge in [-0.1, -0.05) is 146 Å². The maximum Gasteiger partial charge on any atom is 0.164 e. The van der Waals surface area contributed by atoms with Crippen molar-refractivity contribution in [2.75, 3.05) is 0 Å². The first kappa shape index (κ1) is 32.2. The Bertz CT molecular complexity index is 3180. The number of benzene rings is 8. The molecular formula is C51H32N4S. The number of hydrogen-bond donors (Lipinski definition) is 0. The number of fused-ring (bicyclic) bond motifs is 6. The molecule has 262 valence electrons. The van der Waals surface area contributed by atoms with Crippen LogP contribution in [0.25, 0.3) is 104 Å². The van der Waals surface area contributed by atoms with Crippen molar-refractivity contribution in [3.63, 3.8) is 0 Å². The Morgan fingerprint density at radius 3 is 1.61 bits per heavy atom. The largest absolute Gasteiger partial charge is 0.309 e. The predicted molar refractivity (Wildman–Crippen MR) is 234 cm³/mol. The second kappa shape index (κ2) is 13.3. The minimum Gasteiger partial charge on any atom is -0.309 e. The van der Waals surface area contributed by atoms with Crippen molar-refractivity contribution < 1.29 is 0 Å². The molecule has 0 radical (unpaired) electrons. The summed E-state index contributed by atoms with van der Waals surface area (Å²) < 4.78 is 5.04. The fraction of sp³-hybridized carbons (Fsp3) is 0. The molecule has 0 bridgehead atoms. The van der Waals surface area contributed by atoms with E-state index in [1.54, 1.807) is 0 Å². The van der Waals surface area contributed by atoms with Gasteiger partial charge in [-0.25, -0.2) is 15.0 Å². The number of nitrogens with zero attached hydrogens (tertiary/aromatic N) is 4. The van der Waals surface area contributed by atoms with Gasteiger partial charge in [-0.15, -0.1) is 11.3 Å². The Kier molecular flexibility index (Phi) is 7.64. The van der Waals surface area contributed by atoms with Gasteiger partial charge in [-0.05, 0) is 65.2 Å². The summed E-state index contributed by atoms with van der Waals surface area (Å²) >= 11 is 1.86. The van der Waals surface area contributed by atoms with Crippen molar-refractivity contribution in [1.82, 2.24) is 19.5 Å². The van der Waals surface area contributed by atoms with Crippen LogP contribution in [0.3, 0.4) is 0 Å². The van der Waals surface area contributed by atoms with Crippen molar-refractivity contribution in [3.05, 3.63) is 194 Å². The summed E-state index contributed by atoms with van der Waals surface area (Å²) in [7, 11) is 0. The van der Waals surface area contributed by atoms with Gasteiger partial charge in [0, 0.05) is 53.2 Å². The quantitative estimate of drug-likeness (QED) is 0.171. The molecule has 0 N–H and O–H groups in total. The summed E-state index contributed by atoms with van der Waals surface area (Å²) in [5.41, 5.74) is 10.9. The smallest absolute Gasteiger partial charge is 0.164 e. The first-order valence-electron chi connectivity index (χ1n) is 18.8. The van der Waals surface area contributed by atoms with Gasteiger partial charge >= 0.3 is 0 Å². The number of rotatable bonds is 6. The standard InChI is InChI=1S/C51H32N4S/c1-4-15-33(16-5-1)41-32-37(51-53-49(34-17-6-2-7-18-34)52-50(54-51)35-19-8-3-9-20-35)28-30-44(41)55-43-24-12-10-21-39(43)42-31-36(27-29-45(42)55)38-23-14-26-47-48(38)40-22-11-13-25-46(40)56-47/h1-32H. The van der Waals surface area contributed by atoms with Crippen LogP contribution in [0.1, 0.15) is 0 Å². The van der Waals surface area contributed by atoms with Crippen LogP contribution >= 0.6 is 11.3 Å². The highest BCUT2D eigenvalue weighted by atomic mass is 32.1. The third-order valence-corrected chi connectivity index (χ3v) is 11.8. The fourth-order valence-corrected chi connectivity index (χ4v) is 9.20. The second-order valence-corrected chi connectivity index (χ2v) is 15.1. The van der Waals surface area contributed by atoms with Crippen molar-refractivity contribution in [2.24, 2.45) is 0 Å². The molecule has 56 heavy (non-hydrogen) atoms. The van der Waals surface area contributed by atoms with Crippen LogP contribution in [0.2, 0.25) is 0 Å². The summed E-state index contributed by atoms with van der Waals surface area (Å²) in [6.45, 7) is 0. The molecule has 8 aromatic carbocycles. The van der Waals surface area contributed by atoms with Crippen LogP contribution in [0, 0.1) is 0 Å². The Morgan fingerprint density at radius 2 is 0.893 bits per heavy atom.